The molecule has 1 atom stereocenters. The van der Waals surface area contributed by atoms with E-state index in [1.165, 1.54) is 231 Å². The molecule has 0 aliphatic rings. The Labute approximate surface area is 362 Å². The molecule has 58 heavy (non-hydrogen) atoms. The van der Waals surface area contributed by atoms with Gasteiger partial charge in [-0.1, -0.05) is 257 Å². The molecule has 0 bridgehead atoms. The van der Waals surface area contributed by atoms with Gasteiger partial charge in [-0.05, 0) is 38.5 Å². The van der Waals surface area contributed by atoms with Crippen molar-refractivity contribution in [2.24, 2.45) is 0 Å². The Hall–Kier alpha value is -1.36. The standard InChI is InChI=1S/C53H102O5/c1-3-5-7-9-11-13-15-17-18-19-20-21-22-23-24-25-26-27-28-29-30-31-32-33-34-35-36-38-39-41-43-45-47-52(55)57-50-51(49-54)58-53(56)48-46-44-42-40-37-16-14-12-10-8-6-4-2/h12,14,51,54H,3-11,13,15-50H2,1-2H3/b14-12-. The molecule has 0 rings (SSSR count). The molecule has 344 valence electrons. The quantitative estimate of drug-likeness (QED) is 0.0376. The fourth-order valence-corrected chi connectivity index (χ4v) is 8.08. The third-order valence-electron chi connectivity index (χ3n) is 12.1. The molecule has 1 N–H and O–H groups in total. The van der Waals surface area contributed by atoms with Crippen LogP contribution in [0.5, 0.6) is 0 Å². The van der Waals surface area contributed by atoms with Crippen LogP contribution in [0.15, 0.2) is 12.2 Å². The molecule has 5 heteroatoms. The Bertz CT molecular complexity index is 840. The first-order valence-corrected chi connectivity index (χ1v) is 26.2. The summed E-state index contributed by atoms with van der Waals surface area (Å²) >= 11 is 0. The largest absolute Gasteiger partial charge is 0.462 e. The van der Waals surface area contributed by atoms with Gasteiger partial charge in [-0.3, -0.25) is 9.59 Å². The number of esters is 2. The predicted octanol–water partition coefficient (Wildman–Crippen LogP) is 17.2. The average molecular weight is 819 g/mol. The second-order valence-corrected chi connectivity index (χ2v) is 18.0. The van der Waals surface area contributed by atoms with E-state index >= 15 is 0 Å². The lowest BCUT2D eigenvalue weighted by molar-refractivity contribution is -0.161. The van der Waals surface area contributed by atoms with Gasteiger partial charge >= 0.3 is 11.9 Å². The summed E-state index contributed by atoms with van der Waals surface area (Å²) in [5.74, 6) is -0.586. The van der Waals surface area contributed by atoms with Crippen LogP contribution >= 0.6 is 0 Å². The minimum Gasteiger partial charge on any atom is -0.462 e. The number of ether oxygens (including phenoxy) is 2. The second-order valence-electron chi connectivity index (χ2n) is 18.0. The Morgan fingerprint density at radius 1 is 0.379 bits per heavy atom. The van der Waals surface area contributed by atoms with Crippen molar-refractivity contribution >= 4 is 11.9 Å². The number of carbonyl (C=O) groups is 2. The van der Waals surface area contributed by atoms with Crippen molar-refractivity contribution in [2.45, 2.75) is 302 Å². The first kappa shape index (κ1) is 56.6. The molecule has 0 aromatic carbocycles. The van der Waals surface area contributed by atoms with E-state index < -0.39 is 6.10 Å². The smallest absolute Gasteiger partial charge is 0.306 e. The molecule has 0 aliphatic carbocycles. The van der Waals surface area contributed by atoms with Crippen molar-refractivity contribution in [3.05, 3.63) is 12.2 Å². The topological polar surface area (TPSA) is 72.8 Å². The van der Waals surface area contributed by atoms with Crippen molar-refractivity contribution in [1.82, 2.24) is 0 Å². The predicted molar refractivity (Wildman–Crippen MR) is 252 cm³/mol. The summed E-state index contributed by atoms with van der Waals surface area (Å²) in [6, 6.07) is 0. The van der Waals surface area contributed by atoms with Gasteiger partial charge in [0.1, 0.15) is 6.61 Å². The molecule has 0 aromatic rings. The zero-order valence-corrected chi connectivity index (χ0v) is 39.3. The Morgan fingerprint density at radius 3 is 0.966 bits per heavy atom. The number of aliphatic hydroxyl groups excluding tert-OH is 1. The van der Waals surface area contributed by atoms with Crippen LogP contribution in [0.25, 0.3) is 0 Å². The summed E-state index contributed by atoms with van der Waals surface area (Å²) in [7, 11) is 0. The van der Waals surface area contributed by atoms with Gasteiger partial charge in [0, 0.05) is 12.8 Å². The van der Waals surface area contributed by atoms with Crippen molar-refractivity contribution in [3.63, 3.8) is 0 Å². The van der Waals surface area contributed by atoms with Crippen LogP contribution in [-0.4, -0.2) is 36.4 Å². The first-order valence-electron chi connectivity index (χ1n) is 26.2. The summed E-state index contributed by atoms with van der Waals surface area (Å²) in [4.78, 5) is 24.3. The van der Waals surface area contributed by atoms with Gasteiger partial charge in [0.05, 0.1) is 6.61 Å². The maximum atomic E-state index is 12.2. The Morgan fingerprint density at radius 2 is 0.638 bits per heavy atom. The monoisotopic (exact) mass is 819 g/mol. The number of unbranched alkanes of at least 4 members (excludes halogenated alkanes) is 39. The van der Waals surface area contributed by atoms with Crippen LogP contribution in [0.4, 0.5) is 0 Å². The maximum absolute atomic E-state index is 12.2. The fourth-order valence-electron chi connectivity index (χ4n) is 8.08. The number of hydrogen-bond donors (Lipinski definition) is 1. The van der Waals surface area contributed by atoms with Gasteiger partial charge in [0.25, 0.3) is 0 Å². The van der Waals surface area contributed by atoms with E-state index in [1.54, 1.807) is 0 Å². The van der Waals surface area contributed by atoms with Crippen LogP contribution in [0.3, 0.4) is 0 Å². The number of carbonyl (C=O) groups excluding carboxylic acids is 2. The normalized spacial score (nSPS) is 12.1. The Kier molecular flexibility index (Phi) is 48.8. The third kappa shape index (κ3) is 47.3. The van der Waals surface area contributed by atoms with Crippen LogP contribution in [-0.2, 0) is 19.1 Å². The lowest BCUT2D eigenvalue weighted by Crippen LogP contribution is -2.28. The highest BCUT2D eigenvalue weighted by Gasteiger charge is 2.16. The van der Waals surface area contributed by atoms with Crippen LogP contribution in [0, 0.1) is 0 Å². The van der Waals surface area contributed by atoms with Crippen molar-refractivity contribution in [1.29, 1.82) is 0 Å². The van der Waals surface area contributed by atoms with Crippen LogP contribution < -0.4 is 0 Å². The maximum Gasteiger partial charge on any atom is 0.306 e. The van der Waals surface area contributed by atoms with E-state index in [9.17, 15) is 14.7 Å². The van der Waals surface area contributed by atoms with Crippen molar-refractivity contribution in [3.8, 4) is 0 Å². The van der Waals surface area contributed by atoms with Gasteiger partial charge in [0.2, 0.25) is 0 Å². The highest BCUT2D eigenvalue weighted by atomic mass is 16.6. The lowest BCUT2D eigenvalue weighted by Gasteiger charge is -2.15. The van der Waals surface area contributed by atoms with Crippen LogP contribution in [0.1, 0.15) is 296 Å². The Balaban J connectivity index is 3.35. The summed E-state index contributed by atoms with van der Waals surface area (Å²) in [5.41, 5.74) is 0. The van der Waals surface area contributed by atoms with E-state index in [0.717, 1.165) is 38.5 Å². The molecule has 0 spiro atoms. The SMILES string of the molecule is CCCCC/C=C\CCCCCCCC(=O)OC(CO)COC(=O)CCCCCCCCCCCCCCCCCCCCCCCCCCCCCCCCCC. The molecule has 0 amide bonds. The van der Waals surface area contributed by atoms with E-state index in [0.29, 0.717) is 12.8 Å². The average Bonchev–Trinajstić information content (AvgIpc) is 3.23. The van der Waals surface area contributed by atoms with Gasteiger partial charge in [0.15, 0.2) is 6.10 Å². The number of hydrogen-bond acceptors (Lipinski definition) is 5. The molecule has 5 nitrogen and oxygen atoms in total. The zero-order chi connectivity index (χ0) is 42.1. The van der Waals surface area contributed by atoms with Crippen molar-refractivity contribution < 1.29 is 24.2 Å². The molecule has 0 radical (unpaired) electrons. The van der Waals surface area contributed by atoms with Gasteiger partial charge in [-0.25, -0.2) is 0 Å². The number of allylic oxidation sites excluding steroid dienone is 2. The highest BCUT2D eigenvalue weighted by Crippen LogP contribution is 2.17. The molecule has 0 saturated carbocycles. The highest BCUT2D eigenvalue weighted by molar-refractivity contribution is 5.70. The van der Waals surface area contributed by atoms with E-state index in [4.69, 9.17) is 9.47 Å². The lowest BCUT2D eigenvalue weighted by atomic mass is 10.0. The molecule has 0 aliphatic heterocycles. The summed E-state index contributed by atoms with van der Waals surface area (Å²) in [5, 5.41) is 9.58. The third-order valence-corrected chi connectivity index (χ3v) is 12.1. The fraction of sp³-hybridized carbons (Fsp3) is 0.925. The van der Waals surface area contributed by atoms with E-state index in [2.05, 4.69) is 26.0 Å². The molecule has 0 fully saturated rings. The second kappa shape index (κ2) is 50.0. The molecule has 1 unspecified atom stereocenters. The summed E-state index contributed by atoms with van der Waals surface area (Å²) < 4.78 is 10.6. The minimum atomic E-state index is -0.770. The molecule has 0 heterocycles. The molecular formula is C53H102O5. The molecule has 0 saturated heterocycles. The van der Waals surface area contributed by atoms with E-state index in [1.807, 2.05) is 0 Å². The number of rotatable bonds is 49. The van der Waals surface area contributed by atoms with Crippen molar-refractivity contribution in [2.75, 3.05) is 13.2 Å². The first-order chi connectivity index (χ1) is 28.6. The van der Waals surface area contributed by atoms with Gasteiger partial charge in [-0.15, -0.1) is 0 Å². The van der Waals surface area contributed by atoms with E-state index in [-0.39, 0.29) is 25.2 Å². The molecular weight excluding hydrogens is 717 g/mol. The zero-order valence-electron chi connectivity index (χ0n) is 39.3. The minimum absolute atomic E-state index is 0.0628. The molecule has 0 aromatic heterocycles. The summed E-state index contributed by atoms with van der Waals surface area (Å²) in [6.07, 6.45) is 60.5. The van der Waals surface area contributed by atoms with Crippen LogP contribution in [0.2, 0.25) is 0 Å². The number of aliphatic hydroxyl groups is 1. The van der Waals surface area contributed by atoms with Gasteiger partial charge in [-0.2, -0.15) is 0 Å². The van der Waals surface area contributed by atoms with Gasteiger partial charge < -0.3 is 14.6 Å². The summed E-state index contributed by atoms with van der Waals surface area (Å²) in [6.45, 7) is 4.14.